The Morgan fingerprint density at radius 1 is 1.19 bits per heavy atom. The summed E-state index contributed by atoms with van der Waals surface area (Å²) in [7, 11) is 0. The molecule has 0 aromatic heterocycles. The van der Waals surface area contributed by atoms with E-state index in [1.165, 1.54) is 11.8 Å². The molecule has 0 unspecified atom stereocenters. The largest absolute Gasteiger partial charge is 0.351 e. The second kappa shape index (κ2) is 7.14. The van der Waals surface area contributed by atoms with E-state index in [2.05, 4.69) is 5.32 Å². The van der Waals surface area contributed by atoms with Crippen molar-refractivity contribution in [1.82, 2.24) is 5.32 Å². The molecule has 0 heterocycles. The molecule has 4 nitrogen and oxygen atoms in total. The quantitative estimate of drug-likeness (QED) is 0.915. The summed E-state index contributed by atoms with van der Waals surface area (Å²) in [5.74, 6) is -0.342. The molecular formula is C15H20Cl2N2O2. The maximum Gasteiger partial charge on any atom is 0.223 e. The summed E-state index contributed by atoms with van der Waals surface area (Å²) in [4.78, 5) is 25.1. The Labute approximate surface area is 135 Å². The highest BCUT2D eigenvalue weighted by molar-refractivity contribution is 6.39. The third-order valence-corrected chi connectivity index (χ3v) is 3.27. The van der Waals surface area contributed by atoms with Gasteiger partial charge in [-0.15, -0.1) is 0 Å². The number of anilines is 1. The van der Waals surface area contributed by atoms with Crippen LogP contribution in [0.15, 0.2) is 18.2 Å². The Kier molecular flexibility index (Phi) is 6.05. The summed E-state index contributed by atoms with van der Waals surface area (Å²) < 4.78 is 0. The van der Waals surface area contributed by atoms with Gasteiger partial charge in [-0.1, -0.05) is 29.3 Å². The molecule has 0 aliphatic carbocycles. The average Bonchev–Trinajstić information content (AvgIpc) is 2.29. The van der Waals surface area contributed by atoms with Crippen molar-refractivity contribution in [3.63, 3.8) is 0 Å². The highest BCUT2D eigenvalue weighted by atomic mass is 35.5. The molecule has 0 spiro atoms. The fraction of sp³-hybridized carbons (Fsp3) is 0.467. The van der Waals surface area contributed by atoms with E-state index in [9.17, 15) is 9.59 Å². The number of carbonyl (C=O) groups is 2. The molecule has 0 fully saturated rings. The van der Waals surface area contributed by atoms with Crippen LogP contribution in [0.4, 0.5) is 5.69 Å². The number of hydrogen-bond acceptors (Lipinski definition) is 2. The first-order valence-electron chi connectivity index (χ1n) is 6.65. The van der Waals surface area contributed by atoms with Gasteiger partial charge in [-0.25, -0.2) is 0 Å². The van der Waals surface area contributed by atoms with Crippen LogP contribution in [-0.4, -0.2) is 23.9 Å². The third kappa shape index (κ3) is 5.56. The Hall–Kier alpha value is -1.26. The predicted molar refractivity (Wildman–Crippen MR) is 87.0 cm³/mol. The van der Waals surface area contributed by atoms with Gasteiger partial charge in [0.05, 0.1) is 15.7 Å². The molecular weight excluding hydrogens is 311 g/mol. The van der Waals surface area contributed by atoms with Crippen molar-refractivity contribution in [2.24, 2.45) is 0 Å². The van der Waals surface area contributed by atoms with Gasteiger partial charge < -0.3 is 10.2 Å². The molecule has 0 saturated heterocycles. The zero-order valence-corrected chi connectivity index (χ0v) is 14.2. The summed E-state index contributed by atoms with van der Waals surface area (Å²) in [6, 6.07) is 5.03. The van der Waals surface area contributed by atoms with Gasteiger partial charge in [-0.05, 0) is 32.9 Å². The van der Waals surface area contributed by atoms with Gasteiger partial charge in [0.1, 0.15) is 0 Å². The summed E-state index contributed by atoms with van der Waals surface area (Å²) in [5, 5.41) is 3.62. The Balaban J connectivity index is 2.85. The van der Waals surface area contributed by atoms with E-state index < -0.39 is 0 Å². The average molecular weight is 331 g/mol. The second-order valence-corrected chi connectivity index (χ2v) is 6.60. The number of halogens is 2. The highest BCUT2D eigenvalue weighted by Crippen LogP contribution is 2.33. The summed E-state index contributed by atoms with van der Waals surface area (Å²) >= 11 is 12.2. The zero-order chi connectivity index (χ0) is 16.2. The molecule has 2 amide bonds. The predicted octanol–water partition coefficient (Wildman–Crippen LogP) is 3.65. The Morgan fingerprint density at radius 3 is 2.14 bits per heavy atom. The van der Waals surface area contributed by atoms with Gasteiger partial charge in [0, 0.05) is 25.4 Å². The van der Waals surface area contributed by atoms with E-state index >= 15 is 0 Å². The summed E-state index contributed by atoms with van der Waals surface area (Å²) in [6.45, 7) is 7.34. The molecule has 21 heavy (non-hydrogen) atoms. The number of benzene rings is 1. The lowest BCUT2D eigenvalue weighted by Crippen LogP contribution is -2.42. The number of nitrogens with zero attached hydrogens (tertiary/aromatic N) is 1. The van der Waals surface area contributed by atoms with E-state index in [1.54, 1.807) is 18.2 Å². The fourth-order valence-electron chi connectivity index (χ4n) is 1.87. The van der Waals surface area contributed by atoms with E-state index in [0.29, 0.717) is 15.7 Å². The van der Waals surface area contributed by atoms with Gasteiger partial charge >= 0.3 is 0 Å². The molecule has 0 aliphatic heterocycles. The minimum absolute atomic E-state index is 0.128. The molecule has 116 valence electrons. The van der Waals surface area contributed by atoms with E-state index in [0.717, 1.165) is 0 Å². The molecule has 0 radical (unpaired) electrons. The van der Waals surface area contributed by atoms with Gasteiger partial charge in [0.15, 0.2) is 0 Å². The molecule has 1 N–H and O–H groups in total. The van der Waals surface area contributed by atoms with Crippen LogP contribution in [-0.2, 0) is 9.59 Å². The third-order valence-electron chi connectivity index (χ3n) is 2.66. The first kappa shape index (κ1) is 17.8. The highest BCUT2D eigenvalue weighted by Gasteiger charge is 2.20. The van der Waals surface area contributed by atoms with Gasteiger partial charge in [0.2, 0.25) is 11.8 Å². The number of para-hydroxylation sites is 1. The molecule has 6 heteroatoms. The zero-order valence-electron chi connectivity index (χ0n) is 12.7. The van der Waals surface area contributed by atoms with Crippen molar-refractivity contribution in [3.05, 3.63) is 28.2 Å². The molecule has 0 bridgehead atoms. The minimum Gasteiger partial charge on any atom is -0.351 e. The van der Waals surface area contributed by atoms with Crippen LogP contribution in [0.2, 0.25) is 10.0 Å². The van der Waals surface area contributed by atoms with Crippen LogP contribution in [0.3, 0.4) is 0 Å². The first-order chi connectivity index (χ1) is 9.61. The van der Waals surface area contributed by atoms with Crippen molar-refractivity contribution in [3.8, 4) is 0 Å². The molecule has 0 atom stereocenters. The normalized spacial score (nSPS) is 11.1. The molecule has 1 aromatic rings. The topological polar surface area (TPSA) is 49.4 Å². The van der Waals surface area contributed by atoms with Crippen molar-refractivity contribution >= 4 is 40.7 Å². The van der Waals surface area contributed by atoms with Crippen LogP contribution in [0.5, 0.6) is 0 Å². The molecule has 1 rings (SSSR count). The maximum atomic E-state index is 11.9. The van der Waals surface area contributed by atoms with Crippen LogP contribution in [0.1, 0.15) is 34.1 Å². The van der Waals surface area contributed by atoms with Gasteiger partial charge in [-0.3, -0.25) is 9.59 Å². The Morgan fingerprint density at radius 2 is 1.71 bits per heavy atom. The molecule has 0 saturated carbocycles. The fourth-order valence-corrected chi connectivity index (χ4v) is 2.47. The van der Waals surface area contributed by atoms with Crippen molar-refractivity contribution in [2.45, 2.75) is 39.7 Å². The lowest BCUT2D eigenvalue weighted by Gasteiger charge is -2.25. The van der Waals surface area contributed by atoms with Gasteiger partial charge in [-0.2, -0.15) is 0 Å². The second-order valence-electron chi connectivity index (χ2n) is 5.79. The first-order valence-corrected chi connectivity index (χ1v) is 7.40. The maximum absolute atomic E-state index is 11.9. The molecule has 1 aromatic carbocycles. The standard InChI is InChI=1S/C15H20Cl2N2O2/c1-10(20)19(9-8-13(21)18-15(2,3)4)14-11(16)6-5-7-12(14)17/h5-7H,8-9H2,1-4H3,(H,18,21). The molecule has 0 aliphatic rings. The summed E-state index contributed by atoms with van der Waals surface area (Å²) in [6.07, 6.45) is 0.179. The van der Waals surface area contributed by atoms with E-state index in [4.69, 9.17) is 23.2 Å². The number of nitrogens with one attached hydrogen (secondary N) is 1. The number of hydrogen-bond donors (Lipinski definition) is 1. The van der Waals surface area contributed by atoms with Crippen molar-refractivity contribution in [2.75, 3.05) is 11.4 Å². The lowest BCUT2D eigenvalue weighted by molar-refractivity contribution is -0.122. The van der Waals surface area contributed by atoms with Crippen LogP contribution < -0.4 is 10.2 Å². The van der Waals surface area contributed by atoms with Crippen LogP contribution in [0, 0.1) is 0 Å². The van der Waals surface area contributed by atoms with Crippen LogP contribution in [0.25, 0.3) is 0 Å². The van der Waals surface area contributed by atoms with Crippen molar-refractivity contribution < 1.29 is 9.59 Å². The van der Waals surface area contributed by atoms with E-state index in [1.807, 2.05) is 20.8 Å². The van der Waals surface area contributed by atoms with Crippen molar-refractivity contribution in [1.29, 1.82) is 0 Å². The van der Waals surface area contributed by atoms with E-state index in [-0.39, 0.29) is 30.3 Å². The number of rotatable bonds is 4. The SMILES string of the molecule is CC(=O)N(CCC(=O)NC(C)(C)C)c1c(Cl)cccc1Cl. The number of carbonyl (C=O) groups excluding carboxylic acids is 2. The van der Waals surface area contributed by atoms with Crippen LogP contribution >= 0.6 is 23.2 Å². The lowest BCUT2D eigenvalue weighted by atomic mass is 10.1. The smallest absolute Gasteiger partial charge is 0.223 e. The number of amides is 2. The monoisotopic (exact) mass is 330 g/mol. The minimum atomic E-state index is -0.305. The van der Waals surface area contributed by atoms with Gasteiger partial charge in [0.25, 0.3) is 0 Å². The summed E-state index contributed by atoms with van der Waals surface area (Å²) in [5.41, 5.74) is 0.136. The Bertz CT molecular complexity index is 519.